The molecule has 0 amide bonds. The van der Waals surface area contributed by atoms with Gasteiger partial charge in [-0.05, 0) is 37.1 Å². The summed E-state index contributed by atoms with van der Waals surface area (Å²) < 4.78 is 16.2. The van der Waals surface area contributed by atoms with Gasteiger partial charge in [-0.1, -0.05) is 0 Å². The number of benzene rings is 1. The van der Waals surface area contributed by atoms with E-state index >= 15 is 0 Å². The van der Waals surface area contributed by atoms with Gasteiger partial charge in [0.15, 0.2) is 11.5 Å². The number of aryl methyl sites for hydroxylation is 2. The van der Waals surface area contributed by atoms with E-state index in [9.17, 15) is 29.5 Å². The lowest BCUT2D eigenvalue weighted by Gasteiger charge is -2.25. The zero-order valence-electron chi connectivity index (χ0n) is 16.5. The number of rotatable bonds is 7. The first-order chi connectivity index (χ1) is 14.4. The minimum atomic E-state index is -4.89. The van der Waals surface area contributed by atoms with Gasteiger partial charge in [0.1, 0.15) is 18.3 Å². The van der Waals surface area contributed by atoms with Gasteiger partial charge in [0.2, 0.25) is 0 Å². The van der Waals surface area contributed by atoms with Crippen LogP contribution in [0.5, 0.6) is 0 Å². The predicted octanol–water partition coefficient (Wildman–Crippen LogP) is -1.61. The van der Waals surface area contributed by atoms with E-state index < -0.39 is 50.5 Å². The summed E-state index contributed by atoms with van der Waals surface area (Å²) in [5, 5.41) is 30.5. The summed E-state index contributed by atoms with van der Waals surface area (Å²) in [6.45, 7) is 2.29. The van der Waals surface area contributed by atoms with Crippen LogP contribution in [0.3, 0.4) is 0 Å². The van der Waals surface area contributed by atoms with Crippen LogP contribution in [0, 0.1) is 13.8 Å². The maximum atomic E-state index is 12.2. The second-order valence-electron chi connectivity index (χ2n) is 7.10. The van der Waals surface area contributed by atoms with E-state index in [0.717, 1.165) is 11.1 Å². The van der Waals surface area contributed by atoms with Gasteiger partial charge in [-0.25, -0.2) is 14.3 Å². The first-order valence-electron chi connectivity index (χ1n) is 9.03. The predicted molar refractivity (Wildman–Crippen MR) is 107 cm³/mol. The highest BCUT2D eigenvalue weighted by Gasteiger charge is 2.29. The summed E-state index contributed by atoms with van der Waals surface area (Å²) in [5.41, 5.74) is 0.618. The number of aromatic amines is 1. The number of phosphoric acid groups is 1. The topological polar surface area (TPSA) is 208 Å². The number of hydrogen-bond donors (Lipinski definition) is 6. The molecular formula is C17H21N4O9P. The second kappa shape index (κ2) is 8.55. The Morgan fingerprint density at radius 3 is 2.39 bits per heavy atom. The highest BCUT2D eigenvalue weighted by Crippen LogP contribution is 2.36. The fourth-order valence-electron chi connectivity index (χ4n) is 3.06. The molecule has 0 saturated heterocycles. The number of aliphatic hydroxyl groups excluding tert-OH is 3. The number of hydrogen-bond acceptors (Lipinski definition) is 9. The Morgan fingerprint density at radius 1 is 1.10 bits per heavy atom. The van der Waals surface area contributed by atoms with Crippen LogP contribution in [-0.2, 0) is 15.6 Å². The Labute approximate surface area is 174 Å². The Morgan fingerprint density at radius 2 is 1.74 bits per heavy atom. The fourth-order valence-corrected chi connectivity index (χ4v) is 3.41. The van der Waals surface area contributed by atoms with Gasteiger partial charge >= 0.3 is 13.5 Å². The largest absolute Gasteiger partial charge is 0.469 e. The van der Waals surface area contributed by atoms with Gasteiger partial charge in [0, 0.05) is 0 Å². The zero-order chi connectivity index (χ0) is 23.1. The smallest absolute Gasteiger partial charge is 0.388 e. The lowest BCUT2D eigenvalue weighted by atomic mass is 10.1. The summed E-state index contributed by atoms with van der Waals surface area (Å²) in [5.74, 6) is -0.142. The molecule has 0 radical (unpaired) electrons. The molecule has 2 aliphatic rings. The minimum absolute atomic E-state index is 0.142. The molecule has 2 heterocycles. The SMILES string of the molecule is Cc1cc2nc3c(=O)[nH]c(=O)nc-3n(C[C@@H](O)[C@H](O)[C@H](O)COP(=O)(O)O)c2cc1C. The van der Waals surface area contributed by atoms with Crippen molar-refractivity contribution >= 4 is 18.9 Å². The maximum absolute atomic E-state index is 12.2. The lowest BCUT2D eigenvalue weighted by Crippen LogP contribution is -2.42. The normalized spacial score (nSPS) is 15.3. The van der Waals surface area contributed by atoms with E-state index in [1.165, 1.54) is 4.57 Å². The van der Waals surface area contributed by atoms with E-state index in [-0.39, 0.29) is 11.5 Å². The molecule has 168 valence electrons. The number of phosphoric ester groups is 1. The summed E-state index contributed by atoms with van der Waals surface area (Å²) in [7, 11) is -4.89. The molecule has 13 nitrogen and oxygen atoms in total. The molecule has 0 aliphatic carbocycles. The quantitative estimate of drug-likeness (QED) is 0.176. The van der Waals surface area contributed by atoms with Crippen LogP contribution in [0.2, 0.25) is 0 Å². The van der Waals surface area contributed by atoms with Gasteiger partial charge in [-0.15, -0.1) is 0 Å². The van der Waals surface area contributed by atoms with Crippen molar-refractivity contribution in [3.05, 3.63) is 44.1 Å². The minimum Gasteiger partial charge on any atom is -0.388 e. The van der Waals surface area contributed by atoms with Gasteiger partial charge in [-0.3, -0.25) is 14.3 Å². The van der Waals surface area contributed by atoms with Crippen molar-refractivity contribution < 1.29 is 34.2 Å². The van der Waals surface area contributed by atoms with E-state index in [1.54, 1.807) is 12.1 Å². The highest BCUT2D eigenvalue weighted by atomic mass is 31.2. The van der Waals surface area contributed by atoms with Crippen molar-refractivity contribution in [3.8, 4) is 11.5 Å². The number of nitrogens with zero attached hydrogens (tertiary/aromatic N) is 3. The highest BCUT2D eigenvalue weighted by molar-refractivity contribution is 7.46. The molecule has 0 spiro atoms. The molecule has 14 heteroatoms. The average molecular weight is 456 g/mol. The summed E-state index contributed by atoms with van der Waals surface area (Å²) in [6, 6.07) is 3.41. The molecule has 3 atom stereocenters. The molecule has 0 unspecified atom stereocenters. The molecule has 3 rings (SSSR count). The number of fused-ring (bicyclic) bond motifs is 2. The van der Waals surface area contributed by atoms with E-state index in [0.29, 0.717) is 11.0 Å². The Balaban J connectivity index is 2.06. The van der Waals surface area contributed by atoms with Crippen LogP contribution in [0.15, 0.2) is 21.7 Å². The number of nitrogens with one attached hydrogen (secondary N) is 1. The van der Waals surface area contributed by atoms with Gasteiger partial charge < -0.3 is 29.7 Å². The first kappa shape index (κ1) is 23.2. The van der Waals surface area contributed by atoms with Crippen LogP contribution in [0.25, 0.3) is 22.6 Å². The third kappa shape index (κ3) is 5.05. The van der Waals surface area contributed by atoms with Gasteiger partial charge in [0.05, 0.1) is 24.2 Å². The zero-order valence-corrected chi connectivity index (χ0v) is 17.4. The van der Waals surface area contributed by atoms with Crippen molar-refractivity contribution in [3.63, 3.8) is 0 Å². The molecular weight excluding hydrogens is 435 g/mol. The Bertz CT molecular complexity index is 1250. The molecule has 6 N–H and O–H groups in total. The van der Waals surface area contributed by atoms with E-state index in [1.807, 2.05) is 18.8 Å². The van der Waals surface area contributed by atoms with Crippen molar-refractivity contribution in [2.45, 2.75) is 38.7 Å². The van der Waals surface area contributed by atoms with E-state index in [4.69, 9.17) is 9.79 Å². The van der Waals surface area contributed by atoms with Crippen LogP contribution < -0.4 is 11.2 Å². The summed E-state index contributed by atoms with van der Waals surface area (Å²) >= 11 is 0. The van der Waals surface area contributed by atoms with Crippen molar-refractivity contribution in [1.82, 2.24) is 19.5 Å². The Kier molecular flexibility index (Phi) is 6.39. The average Bonchev–Trinajstić information content (AvgIpc) is 2.67. The van der Waals surface area contributed by atoms with E-state index in [2.05, 4.69) is 14.5 Å². The molecule has 0 aromatic heterocycles. The van der Waals surface area contributed by atoms with Crippen LogP contribution in [0.4, 0.5) is 0 Å². The summed E-state index contributed by atoms with van der Waals surface area (Å²) in [4.78, 5) is 51.5. The number of H-pyrrole nitrogens is 1. The number of aliphatic hydroxyl groups is 3. The summed E-state index contributed by atoms with van der Waals surface area (Å²) in [6.07, 6.45) is -5.40. The maximum Gasteiger partial charge on any atom is 0.469 e. The lowest BCUT2D eigenvalue weighted by molar-refractivity contribution is -0.0793. The molecule has 2 aliphatic heterocycles. The standard InChI is InChI=1S/C17H21N4O9P/c1-7-3-9-10(4-8(7)2)21(15-13(18-9)16(25)20-17(26)19-15)5-11(22)14(24)12(23)6-30-31(27,28)29/h3-4,11-12,14,22-24H,5-6H2,1-2H3,(H,20,25,26)(H2,27,28,29)/t11-,12-,14+/m1/s1. The molecule has 1 aromatic rings. The molecule has 31 heavy (non-hydrogen) atoms. The monoisotopic (exact) mass is 456 g/mol. The first-order valence-corrected chi connectivity index (χ1v) is 10.6. The van der Waals surface area contributed by atoms with Crippen molar-refractivity contribution in [1.29, 1.82) is 0 Å². The molecule has 0 saturated carbocycles. The van der Waals surface area contributed by atoms with Crippen molar-refractivity contribution in [2.24, 2.45) is 0 Å². The van der Waals surface area contributed by atoms with Crippen LogP contribution >= 0.6 is 7.82 Å². The van der Waals surface area contributed by atoms with Gasteiger partial charge in [0.25, 0.3) is 5.56 Å². The third-order valence-corrected chi connectivity index (χ3v) is 5.28. The molecule has 0 bridgehead atoms. The van der Waals surface area contributed by atoms with Crippen LogP contribution in [0.1, 0.15) is 11.1 Å². The van der Waals surface area contributed by atoms with Crippen molar-refractivity contribution in [2.75, 3.05) is 6.61 Å². The fraction of sp³-hybridized carbons (Fsp3) is 0.412. The second-order valence-corrected chi connectivity index (χ2v) is 8.34. The Hall–Kier alpha value is -2.51. The number of aromatic nitrogens is 4. The molecule has 0 fully saturated rings. The van der Waals surface area contributed by atoms with Crippen LogP contribution in [-0.4, -0.2) is 69.5 Å². The third-order valence-electron chi connectivity index (χ3n) is 4.80. The molecule has 1 aromatic carbocycles. The van der Waals surface area contributed by atoms with Gasteiger partial charge in [-0.2, -0.15) is 4.98 Å².